The van der Waals surface area contributed by atoms with E-state index in [-0.39, 0.29) is 0 Å². The van der Waals surface area contributed by atoms with Gasteiger partial charge in [-0.25, -0.2) is 0 Å². The Morgan fingerprint density at radius 1 is 0.450 bits per heavy atom. The summed E-state index contributed by atoms with van der Waals surface area (Å²) in [5, 5.41) is 0. The molecular formula is C18H16N2. The molecule has 2 nitrogen and oxygen atoms in total. The average molecular weight is 260 g/mol. The maximum Gasteiger partial charge on any atom is 0.0393 e. The first-order chi connectivity index (χ1) is 9.75. The fourth-order valence-electron chi connectivity index (χ4n) is 2.35. The summed E-state index contributed by atoms with van der Waals surface area (Å²) in [5.74, 6) is 0. The van der Waals surface area contributed by atoms with Crippen molar-refractivity contribution in [3.8, 4) is 22.3 Å². The molecule has 0 aliphatic heterocycles. The second-order valence-electron chi connectivity index (χ2n) is 4.75. The molecule has 0 saturated carbocycles. The van der Waals surface area contributed by atoms with E-state index in [1.54, 1.807) is 0 Å². The van der Waals surface area contributed by atoms with Gasteiger partial charge in [0, 0.05) is 22.5 Å². The lowest BCUT2D eigenvalue weighted by Gasteiger charge is -2.08. The largest absolute Gasteiger partial charge is 0.398 e. The van der Waals surface area contributed by atoms with Crippen molar-refractivity contribution in [3.05, 3.63) is 72.8 Å². The molecule has 0 heterocycles. The van der Waals surface area contributed by atoms with Crippen LogP contribution in [0, 0.1) is 0 Å². The second-order valence-corrected chi connectivity index (χ2v) is 4.75. The van der Waals surface area contributed by atoms with Gasteiger partial charge in [0.1, 0.15) is 0 Å². The standard InChI is InChI=1S/C18H16N2/c19-17-7-3-1-5-15(17)13-9-11-14(12-10-13)16-6-2-4-8-18(16)20/h1-12H,19-20H2. The van der Waals surface area contributed by atoms with Gasteiger partial charge in [-0.1, -0.05) is 60.7 Å². The molecule has 0 bridgehead atoms. The summed E-state index contributed by atoms with van der Waals surface area (Å²) in [6.45, 7) is 0. The van der Waals surface area contributed by atoms with Crippen LogP contribution in [0.15, 0.2) is 72.8 Å². The number of rotatable bonds is 2. The molecule has 3 aromatic carbocycles. The Labute approximate surface area is 118 Å². The molecule has 3 rings (SSSR count). The Balaban J connectivity index is 2.01. The molecule has 20 heavy (non-hydrogen) atoms. The number of para-hydroxylation sites is 2. The van der Waals surface area contributed by atoms with E-state index in [1.807, 2.05) is 48.5 Å². The third-order valence-electron chi connectivity index (χ3n) is 3.43. The highest BCUT2D eigenvalue weighted by Gasteiger charge is 2.04. The number of nitrogen functional groups attached to an aromatic ring is 2. The van der Waals surface area contributed by atoms with Crippen LogP contribution in [0.4, 0.5) is 11.4 Å². The van der Waals surface area contributed by atoms with Crippen LogP contribution in [0.5, 0.6) is 0 Å². The molecule has 0 amide bonds. The van der Waals surface area contributed by atoms with Gasteiger partial charge in [-0.15, -0.1) is 0 Å². The molecule has 0 aliphatic rings. The molecule has 2 heteroatoms. The van der Waals surface area contributed by atoms with Crippen LogP contribution in [0.1, 0.15) is 0 Å². The minimum atomic E-state index is 0.791. The molecule has 0 unspecified atom stereocenters. The van der Waals surface area contributed by atoms with Gasteiger partial charge in [0.2, 0.25) is 0 Å². The van der Waals surface area contributed by atoms with Gasteiger partial charge < -0.3 is 11.5 Å². The van der Waals surface area contributed by atoms with Crippen molar-refractivity contribution in [3.63, 3.8) is 0 Å². The van der Waals surface area contributed by atoms with Crippen molar-refractivity contribution < 1.29 is 0 Å². The Morgan fingerprint density at radius 2 is 0.800 bits per heavy atom. The highest BCUT2D eigenvalue weighted by Crippen LogP contribution is 2.30. The van der Waals surface area contributed by atoms with Gasteiger partial charge in [-0.05, 0) is 23.3 Å². The minimum Gasteiger partial charge on any atom is -0.398 e. The van der Waals surface area contributed by atoms with Gasteiger partial charge in [0.15, 0.2) is 0 Å². The van der Waals surface area contributed by atoms with Crippen molar-refractivity contribution in [2.45, 2.75) is 0 Å². The Kier molecular flexibility index (Phi) is 3.13. The lowest BCUT2D eigenvalue weighted by molar-refractivity contribution is 1.58. The molecule has 0 saturated heterocycles. The molecular weight excluding hydrogens is 244 g/mol. The van der Waals surface area contributed by atoms with E-state index in [1.165, 1.54) is 0 Å². The number of hydrogen-bond donors (Lipinski definition) is 2. The van der Waals surface area contributed by atoms with Crippen molar-refractivity contribution in [1.82, 2.24) is 0 Å². The van der Waals surface area contributed by atoms with Crippen LogP contribution in [-0.4, -0.2) is 0 Å². The summed E-state index contributed by atoms with van der Waals surface area (Å²) in [6, 6.07) is 24.1. The minimum absolute atomic E-state index is 0.791. The highest BCUT2D eigenvalue weighted by atomic mass is 14.6. The van der Waals surface area contributed by atoms with Crippen molar-refractivity contribution in [1.29, 1.82) is 0 Å². The van der Waals surface area contributed by atoms with Crippen molar-refractivity contribution >= 4 is 11.4 Å². The van der Waals surface area contributed by atoms with E-state index < -0.39 is 0 Å². The number of hydrogen-bond acceptors (Lipinski definition) is 2. The van der Waals surface area contributed by atoms with Crippen LogP contribution >= 0.6 is 0 Å². The summed E-state index contributed by atoms with van der Waals surface area (Å²) in [6.07, 6.45) is 0. The Morgan fingerprint density at radius 3 is 1.15 bits per heavy atom. The van der Waals surface area contributed by atoms with Crippen LogP contribution < -0.4 is 11.5 Å². The van der Waals surface area contributed by atoms with Crippen LogP contribution in [0.25, 0.3) is 22.3 Å². The average Bonchev–Trinajstić information content (AvgIpc) is 2.49. The zero-order valence-corrected chi connectivity index (χ0v) is 11.1. The van der Waals surface area contributed by atoms with Gasteiger partial charge >= 0.3 is 0 Å². The molecule has 0 fully saturated rings. The highest BCUT2D eigenvalue weighted by molar-refractivity contribution is 5.81. The first-order valence-electron chi connectivity index (χ1n) is 6.55. The first-order valence-corrected chi connectivity index (χ1v) is 6.55. The molecule has 0 radical (unpaired) electrons. The lowest BCUT2D eigenvalue weighted by atomic mass is 9.98. The summed E-state index contributed by atoms with van der Waals surface area (Å²) in [5.41, 5.74) is 17.9. The SMILES string of the molecule is Nc1ccccc1-c1ccc(-c2ccccc2N)cc1. The normalized spacial score (nSPS) is 10.4. The van der Waals surface area contributed by atoms with Gasteiger partial charge in [-0.2, -0.15) is 0 Å². The smallest absolute Gasteiger partial charge is 0.0393 e. The molecule has 0 aromatic heterocycles. The van der Waals surface area contributed by atoms with E-state index in [2.05, 4.69) is 24.3 Å². The predicted molar refractivity (Wildman–Crippen MR) is 86.1 cm³/mol. The number of benzene rings is 3. The summed E-state index contributed by atoms with van der Waals surface area (Å²) >= 11 is 0. The van der Waals surface area contributed by atoms with Crippen LogP contribution in [0.2, 0.25) is 0 Å². The summed E-state index contributed by atoms with van der Waals surface area (Å²) in [4.78, 5) is 0. The summed E-state index contributed by atoms with van der Waals surface area (Å²) < 4.78 is 0. The van der Waals surface area contributed by atoms with E-state index in [9.17, 15) is 0 Å². The topological polar surface area (TPSA) is 52.0 Å². The fourth-order valence-corrected chi connectivity index (χ4v) is 2.35. The predicted octanol–water partition coefficient (Wildman–Crippen LogP) is 4.19. The lowest BCUT2D eigenvalue weighted by Crippen LogP contribution is -1.90. The van der Waals surface area contributed by atoms with E-state index in [4.69, 9.17) is 11.5 Å². The number of anilines is 2. The maximum absolute atomic E-state index is 6.01. The maximum atomic E-state index is 6.01. The quantitative estimate of drug-likeness (QED) is 0.679. The molecule has 0 spiro atoms. The van der Waals surface area contributed by atoms with Gasteiger partial charge in [0.05, 0.1) is 0 Å². The van der Waals surface area contributed by atoms with E-state index in [0.29, 0.717) is 0 Å². The zero-order chi connectivity index (χ0) is 13.9. The molecule has 98 valence electrons. The van der Waals surface area contributed by atoms with E-state index in [0.717, 1.165) is 33.6 Å². The van der Waals surface area contributed by atoms with Crippen LogP contribution in [0.3, 0.4) is 0 Å². The zero-order valence-electron chi connectivity index (χ0n) is 11.1. The summed E-state index contributed by atoms with van der Waals surface area (Å²) in [7, 11) is 0. The van der Waals surface area contributed by atoms with Crippen molar-refractivity contribution in [2.75, 3.05) is 11.5 Å². The third kappa shape index (κ3) is 2.24. The molecule has 0 atom stereocenters. The van der Waals surface area contributed by atoms with Gasteiger partial charge in [-0.3, -0.25) is 0 Å². The van der Waals surface area contributed by atoms with Crippen LogP contribution in [-0.2, 0) is 0 Å². The second kappa shape index (κ2) is 5.10. The van der Waals surface area contributed by atoms with Gasteiger partial charge in [0.25, 0.3) is 0 Å². The Bertz CT molecular complexity index is 666. The Hall–Kier alpha value is -2.74. The number of nitrogens with two attached hydrogens (primary N) is 2. The fraction of sp³-hybridized carbons (Fsp3) is 0. The molecule has 3 aromatic rings. The third-order valence-corrected chi connectivity index (χ3v) is 3.43. The molecule has 0 aliphatic carbocycles. The van der Waals surface area contributed by atoms with Crippen molar-refractivity contribution in [2.24, 2.45) is 0 Å². The molecule has 4 N–H and O–H groups in total. The van der Waals surface area contributed by atoms with E-state index >= 15 is 0 Å². The monoisotopic (exact) mass is 260 g/mol. The first kappa shape index (κ1) is 12.3.